The van der Waals surface area contributed by atoms with Crippen LogP contribution in [0.2, 0.25) is 0 Å². The number of ketones is 2. The average Bonchev–Trinajstić information content (AvgIpc) is 3.41. The van der Waals surface area contributed by atoms with Crippen LogP contribution in [0.1, 0.15) is 62.2 Å². The molecule has 5 heteroatoms. The first kappa shape index (κ1) is 27.1. The third-order valence-electron chi connectivity index (χ3n) is 7.42. The van der Waals surface area contributed by atoms with Gasteiger partial charge < -0.3 is 9.47 Å². The number of aryl methyl sites for hydroxylation is 1. The zero-order valence-electron chi connectivity index (χ0n) is 22.8. The molecule has 0 heterocycles. The molecule has 4 nitrogen and oxygen atoms in total. The molecule has 0 N–H and O–H groups in total. The molecule has 2 atom stereocenters. The largest absolute Gasteiger partial charge is 0.493 e. The van der Waals surface area contributed by atoms with Crippen LogP contribution in [0.15, 0.2) is 97.1 Å². The summed E-state index contributed by atoms with van der Waals surface area (Å²) in [6, 6.07) is 27.1. The highest BCUT2D eigenvalue weighted by Gasteiger charge is 2.37. The highest BCUT2D eigenvalue weighted by molar-refractivity contribution is 6.01. The Labute approximate surface area is 234 Å². The molecule has 0 spiro atoms. The maximum absolute atomic E-state index is 13.9. The Hall–Kier alpha value is -4.51. The quantitative estimate of drug-likeness (QED) is 0.204. The Kier molecular flexibility index (Phi) is 7.92. The van der Waals surface area contributed by atoms with Gasteiger partial charge >= 0.3 is 0 Å². The second-order valence-corrected chi connectivity index (χ2v) is 10.2. The van der Waals surface area contributed by atoms with E-state index in [1.807, 2.05) is 73.7 Å². The highest BCUT2D eigenvalue weighted by Crippen LogP contribution is 2.48. The van der Waals surface area contributed by atoms with Crippen LogP contribution >= 0.6 is 0 Å². The summed E-state index contributed by atoms with van der Waals surface area (Å²) >= 11 is 0. The minimum atomic E-state index is -0.432. The van der Waals surface area contributed by atoms with Crippen molar-refractivity contribution in [2.75, 3.05) is 7.11 Å². The number of hydrogen-bond acceptors (Lipinski definition) is 4. The first-order valence-corrected chi connectivity index (χ1v) is 13.3. The molecule has 0 saturated carbocycles. The molecule has 0 aliphatic heterocycles. The number of Topliss-reactive ketones (excluding diaryl/α,β-unsaturated/α-hetero) is 2. The fraction of sp³-hybridized carbons (Fsp3) is 0.200. The van der Waals surface area contributed by atoms with Gasteiger partial charge in [-0.3, -0.25) is 9.59 Å². The lowest BCUT2D eigenvalue weighted by molar-refractivity contribution is 0.0933. The summed E-state index contributed by atoms with van der Waals surface area (Å²) in [6.45, 7) is 3.77. The Balaban J connectivity index is 1.49. The molecule has 4 aromatic carbocycles. The van der Waals surface area contributed by atoms with E-state index >= 15 is 0 Å². The van der Waals surface area contributed by atoms with E-state index < -0.39 is 5.92 Å². The first-order valence-electron chi connectivity index (χ1n) is 13.3. The molecule has 202 valence electrons. The van der Waals surface area contributed by atoms with Crippen molar-refractivity contribution >= 4 is 17.1 Å². The Morgan fingerprint density at radius 1 is 0.900 bits per heavy atom. The normalized spacial score (nSPS) is 16.4. The molecule has 1 aliphatic rings. The van der Waals surface area contributed by atoms with E-state index in [1.54, 1.807) is 25.3 Å². The van der Waals surface area contributed by atoms with E-state index in [1.165, 1.54) is 19.1 Å². The van der Waals surface area contributed by atoms with Crippen molar-refractivity contribution in [1.29, 1.82) is 0 Å². The van der Waals surface area contributed by atoms with Crippen LogP contribution in [-0.2, 0) is 6.61 Å². The number of allylic oxidation sites excluding steroid dienone is 2. The summed E-state index contributed by atoms with van der Waals surface area (Å²) in [5, 5.41) is 0. The summed E-state index contributed by atoms with van der Waals surface area (Å²) in [4.78, 5) is 25.7. The van der Waals surface area contributed by atoms with Crippen LogP contribution in [0.25, 0.3) is 5.57 Å². The van der Waals surface area contributed by atoms with Gasteiger partial charge in [-0.05, 0) is 67.3 Å². The van der Waals surface area contributed by atoms with Crippen LogP contribution in [-0.4, -0.2) is 18.7 Å². The standard InChI is InChI=1S/C35H31FO4/c1-22-7-4-10-27(17-22)34(38)32-20-28(25-13-15-29(36)16-14-25)19-31(32)30-11-6-12-33(35(30)39-3)40-21-24-8-5-9-26(18-24)23(2)37/h4-18,20,31-32H,19,21H2,1-3H3. The Bertz CT molecular complexity index is 1590. The lowest BCUT2D eigenvalue weighted by Gasteiger charge is -2.23. The van der Waals surface area contributed by atoms with E-state index in [9.17, 15) is 14.0 Å². The SMILES string of the molecule is COc1c(OCc2cccc(C(C)=O)c2)cccc1C1CC(c2ccc(F)cc2)=CC1C(=O)c1cccc(C)c1. The number of carbonyl (C=O) groups is 2. The molecule has 2 unspecified atom stereocenters. The van der Waals surface area contributed by atoms with Gasteiger partial charge in [0.2, 0.25) is 0 Å². The number of rotatable bonds is 9. The minimum Gasteiger partial charge on any atom is -0.493 e. The molecule has 0 saturated heterocycles. The summed E-state index contributed by atoms with van der Waals surface area (Å²) in [5.74, 6) is 0.227. The molecule has 0 radical (unpaired) electrons. The zero-order chi connectivity index (χ0) is 28.2. The van der Waals surface area contributed by atoms with Crippen molar-refractivity contribution in [3.8, 4) is 11.5 Å². The average molecular weight is 535 g/mol. The van der Waals surface area contributed by atoms with Gasteiger partial charge in [-0.15, -0.1) is 0 Å². The Morgan fingerprint density at radius 3 is 2.35 bits per heavy atom. The number of para-hydroxylation sites is 1. The van der Waals surface area contributed by atoms with Crippen molar-refractivity contribution in [2.24, 2.45) is 5.92 Å². The van der Waals surface area contributed by atoms with Gasteiger partial charge in [-0.1, -0.05) is 72.3 Å². The van der Waals surface area contributed by atoms with Gasteiger partial charge in [-0.2, -0.15) is 0 Å². The second-order valence-electron chi connectivity index (χ2n) is 10.2. The molecule has 0 bridgehead atoms. The maximum Gasteiger partial charge on any atom is 0.170 e. The predicted octanol–water partition coefficient (Wildman–Crippen LogP) is 7.99. The van der Waals surface area contributed by atoms with Crippen molar-refractivity contribution in [3.63, 3.8) is 0 Å². The summed E-state index contributed by atoms with van der Waals surface area (Å²) in [5.41, 5.74) is 5.93. The molecular weight excluding hydrogens is 503 g/mol. The number of halogens is 1. The summed E-state index contributed by atoms with van der Waals surface area (Å²) in [6.07, 6.45) is 2.61. The molecule has 1 aliphatic carbocycles. The lowest BCUT2D eigenvalue weighted by atomic mass is 9.82. The van der Waals surface area contributed by atoms with Gasteiger partial charge in [0.15, 0.2) is 23.1 Å². The molecule has 5 rings (SSSR count). The number of ether oxygens (including phenoxy) is 2. The van der Waals surface area contributed by atoms with Crippen LogP contribution < -0.4 is 9.47 Å². The fourth-order valence-corrected chi connectivity index (χ4v) is 5.39. The van der Waals surface area contributed by atoms with E-state index in [2.05, 4.69) is 0 Å². The molecule has 0 amide bonds. The van der Waals surface area contributed by atoms with E-state index in [-0.39, 0.29) is 29.9 Å². The molecule has 0 fully saturated rings. The van der Waals surface area contributed by atoms with Crippen molar-refractivity contribution < 1.29 is 23.5 Å². The van der Waals surface area contributed by atoms with Gasteiger partial charge in [0.1, 0.15) is 12.4 Å². The van der Waals surface area contributed by atoms with E-state index in [4.69, 9.17) is 9.47 Å². The van der Waals surface area contributed by atoms with Gasteiger partial charge in [0, 0.05) is 28.5 Å². The smallest absolute Gasteiger partial charge is 0.170 e. The predicted molar refractivity (Wildman–Crippen MR) is 155 cm³/mol. The lowest BCUT2D eigenvalue weighted by Crippen LogP contribution is -2.18. The van der Waals surface area contributed by atoms with E-state index in [0.717, 1.165) is 27.8 Å². The summed E-state index contributed by atoms with van der Waals surface area (Å²) in [7, 11) is 1.60. The van der Waals surface area contributed by atoms with Crippen molar-refractivity contribution in [2.45, 2.75) is 32.8 Å². The van der Waals surface area contributed by atoms with Crippen LogP contribution in [0.3, 0.4) is 0 Å². The third-order valence-corrected chi connectivity index (χ3v) is 7.42. The maximum atomic E-state index is 13.9. The molecule has 4 aromatic rings. The molecule has 40 heavy (non-hydrogen) atoms. The van der Waals surface area contributed by atoms with Gasteiger partial charge in [0.25, 0.3) is 0 Å². The minimum absolute atomic E-state index is 0.00330. The highest BCUT2D eigenvalue weighted by atomic mass is 19.1. The first-order chi connectivity index (χ1) is 19.3. The third kappa shape index (κ3) is 5.74. The van der Waals surface area contributed by atoms with Crippen molar-refractivity contribution in [3.05, 3.63) is 136 Å². The molecule has 0 aromatic heterocycles. The van der Waals surface area contributed by atoms with Crippen LogP contribution in [0.5, 0.6) is 11.5 Å². The van der Waals surface area contributed by atoms with Gasteiger partial charge in [-0.25, -0.2) is 4.39 Å². The van der Waals surface area contributed by atoms with Crippen LogP contribution in [0, 0.1) is 18.7 Å². The number of methoxy groups -OCH3 is 1. The summed E-state index contributed by atoms with van der Waals surface area (Å²) < 4.78 is 25.7. The zero-order valence-corrected chi connectivity index (χ0v) is 22.8. The number of hydrogen-bond donors (Lipinski definition) is 0. The van der Waals surface area contributed by atoms with Gasteiger partial charge in [0.05, 0.1) is 7.11 Å². The topological polar surface area (TPSA) is 52.6 Å². The van der Waals surface area contributed by atoms with E-state index in [0.29, 0.717) is 29.0 Å². The second kappa shape index (κ2) is 11.7. The van der Waals surface area contributed by atoms with Crippen LogP contribution in [0.4, 0.5) is 4.39 Å². The van der Waals surface area contributed by atoms with Crippen molar-refractivity contribution in [1.82, 2.24) is 0 Å². The monoisotopic (exact) mass is 534 g/mol. The Morgan fingerprint density at radius 2 is 1.62 bits per heavy atom. The molecular formula is C35H31FO4. The fourth-order valence-electron chi connectivity index (χ4n) is 5.39. The number of benzene rings is 4. The number of carbonyl (C=O) groups excluding carboxylic acids is 2.